The summed E-state index contributed by atoms with van der Waals surface area (Å²) in [4.78, 5) is 24.6. The lowest BCUT2D eigenvalue weighted by molar-refractivity contribution is -0.138. The Kier molecular flexibility index (Phi) is 3.95. The fraction of sp³-hybridized carbons (Fsp3) is 0.286. The van der Waals surface area contributed by atoms with E-state index in [0.717, 1.165) is 10.5 Å². The molecule has 0 unspecified atom stereocenters. The number of carbonyl (C=O) groups excluding carboxylic acids is 2. The molecule has 1 aromatic carbocycles. The third kappa shape index (κ3) is 2.99. The Balaban J connectivity index is 2.41. The SMILES string of the molecule is Cc1cc(C#CCO)cc(N2C(=O)COCC2=O)c1. The Bertz CT molecular complexity index is 567. The molecule has 2 amide bonds. The van der Waals surface area contributed by atoms with E-state index < -0.39 is 0 Å². The number of morpholine rings is 1. The summed E-state index contributed by atoms with van der Waals surface area (Å²) in [5, 5.41) is 8.69. The van der Waals surface area contributed by atoms with Crippen LogP contribution in [0.4, 0.5) is 5.69 Å². The second-order valence-electron chi connectivity index (χ2n) is 4.13. The fourth-order valence-corrected chi connectivity index (χ4v) is 1.89. The van der Waals surface area contributed by atoms with Gasteiger partial charge >= 0.3 is 0 Å². The summed E-state index contributed by atoms with van der Waals surface area (Å²) in [5.74, 6) is 4.53. The molecule has 98 valence electrons. The van der Waals surface area contributed by atoms with Crippen LogP contribution >= 0.6 is 0 Å². The average molecular weight is 259 g/mol. The van der Waals surface area contributed by atoms with Crippen molar-refractivity contribution in [1.29, 1.82) is 0 Å². The Morgan fingerprint density at radius 1 is 1.26 bits per heavy atom. The number of benzene rings is 1. The van der Waals surface area contributed by atoms with Gasteiger partial charge in [0, 0.05) is 5.56 Å². The lowest BCUT2D eigenvalue weighted by atomic mass is 10.1. The zero-order valence-electron chi connectivity index (χ0n) is 10.5. The molecule has 1 aliphatic rings. The lowest BCUT2D eigenvalue weighted by Gasteiger charge is -2.25. The van der Waals surface area contributed by atoms with Gasteiger partial charge in [-0.3, -0.25) is 9.59 Å². The molecule has 1 aliphatic heterocycles. The quantitative estimate of drug-likeness (QED) is 0.579. The minimum atomic E-state index is -0.386. The summed E-state index contributed by atoms with van der Waals surface area (Å²) in [6, 6.07) is 5.21. The van der Waals surface area contributed by atoms with Crippen LogP contribution in [-0.4, -0.2) is 36.7 Å². The lowest BCUT2D eigenvalue weighted by Crippen LogP contribution is -2.46. The first kappa shape index (κ1) is 13.3. The molecule has 1 heterocycles. The van der Waals surface area contributed by atoms with E-state index in [4.69, 9.17) is 9.84 Å². The molecule has 5 heteroatoms. The molecule has 0 radical (unpaired) electrons. The van der Waals surface area contributed by atoms with Crippen molar-refractivity contribution in [2.75, 3.05) is 24.7 Å². The first-order valence-electron chi connectivity index (χ1n) is 5.77. The monoisotopic (exact) mass is 259 g/mol. The number of rotatable bonds is 1. The molecule has 5 nitrogen and oxygen atoms in total. The zero-order valence-corrected chi connectivity index (χ0v) is 10.5. The maximum Gasteiger partial charge on any atom is 0.259 e. The van der Waals surface area contributed by atoms with Gasteiger partial charge in [-0.1, -0.05) is 11.8 Å². The highest BCUT2D eigenvalue weighted by atomic mass is 16.5. The van der Waals surface area contributed by atoms with Gasteiger partial charge in [-0.25, -0.2) is 4.90 Å². The number of hydrogen-bond acceptors (Lipinski definition) is 4. The number of aryl methyl sites for hydroxylation is 1. The summed E-state index contributed by atoms with van der Waals surface area (Å²) in [7, 11) is 0. The van der Waals surface area contributed by atoms with Crippen molar-refractivity contribution in [3.05, 3.63) is 29.3 Å². The first-order chi connectivity index (χ1) is 9.11. The molecular formula is C14H13NO4. The van der Waals surface area contributed by atoms with Crippen LogP contribution < -0.4 is 4.90 Å². The van der Waals surface area contributed by atoms with E-state index >= 15 is 0 Å². The molecule has 0 atom stereocenters. The third-order valence-corrected chi connectivity index (χ3v) is 2.58. The topological polar surface area (TPSA) is 66.8 Å². The minimum absolute atomic E-state index is 0.0999. The standard InChI is InChI=1S/C14H13NO4/c1-10-5-11(3-2-4-16)7-12(6-10)15-13(17)8-19-9-14(15)18/h5-7,16H,4,8-9H2,1H3. The third-order valence-electron chi connectivity index (χ3n) is 2.58. The van der Waals surface area contributed by atoms with Gasteiger partial charge in [0.25, 0.3) is 11.8 Å². The highest BCUT2D eigenvalue weighted by molar-refractivity contribution is 6.17. The number of hydrogen-bond donors (Lipinski definition) is 1. The molecule has 0 spiro atoms. The summed E-state index contributed by atoms with van der Waals surface area (Å²) in [6.07, 6.45) is 0. The molecule has 0 aromatic heterocycles. The average Bonchev–Trinajstić information content (AvgIpc) is 2.35. The Hall–Kier alpha value is -2.16. The van der Waals surface area contributed by atoms with Crippen molar-refractivity contribution in [3.8, 4) is 11.8 Å². The van der Waals surface area contributed by atoms with Gasteiger partial charge in [0.15, 0.2) is 0 Å². The molecule has 1 saturated heterocycles. The highest BCUT2D eigenvalue weighted by Crippen LogP contribution is 2.21. The molecule has 0 bridgehead atoms. The van der Waals surface area contributed by atoms with Crippen LogP contribution in [0.25, 0.3) is 0 Å². The van der Waals surface area contributed by atoms with Crippen molar-refractivity contribution >= 4 is 17.5 Å². The molecule has 1 fully saturated rings. The second-order valence-corrected chi connectivity index (χ2v) is 4.13. The summed E-state index contributed by atoms with van der Waals surface area (Å²) < 4.78 is 4.87. The molecule has 2 rings (SSSR count). The minimum Gasteiger partial charge on any atom is -0.384 e. The predicted molar refractivity (Wildman–Crippen MR) is 68.5 cm³/mol. The smallest absolute Gasteiger partial charge is 0.259 e. The normalized spacial score (nSPS) is 15.2. The van der Waals surface area contributed by atoms with Gasteiger partial charge in [-0.15, -0.1) is 0 Å². The Morgan fingerprint density at radius 2 is 1.95 bits per heavy atom. The van der Waals surface area contributed by atoms with Crippen LogP contribution in [-0.2, 0) is 14.3 Å². The van der Waals surface area contributed by atoms with E-state index in [1.165, 1.54) is 0 Å². The number of aliphatic hydroxyl groups is 1. The first-order valence-corrected chi connectivity index (χ1v) is 5.77. The van der Waals surface area contributed by atoms with Gasteiger partial charge in [0.1, 0.15) is 19.8 Å². The van der Waals surface area contributed by atoms with Crippen LogP contribution in [0.1, 0.15) is 11.1 Å². The van der Waals surface area contributed by atoms with Crippen molar-refractivity contribution in [1.82, 2.24) is 0 Å². The second kappa shape index (κ2) is 5.65. The van der Waals surface area contributed by atoms with Gasteiger partial charge < -0.3 is 9.84 Å². The van der Waals surface area contributed by atoms with Crippen molar-refractivity contribution in [2.24, 2.45) is 0 Å². The Labute approximate surface area is 110 Å². The molecular weight excluding hydrogens is 246 g/mol. The number of carbonyl (C=O) groups is 2. The number of anilines is 1. The van der Waals surface area contributed by atoms with Crippen LogP contribution in [0, 0.1) is 18.8 Å². The van der Waals surface area contributed by atoms with E-state index in [1.807, 2.05) is 13.0 Å². The van der Waals surface area contributed by atoms with Crippen LogP contribution in [0.3, 0.4) is 0 Å². The molecule has 0 saturated carbocycles. The summed E-state index contributed by atoms with van der Waals surface area (Å²) in [6.45, 7) is 1.41. The highest BCUT2D eigenvalue weighted by Gasteiger charge is 2.28. The van der Waals surface area contributed by atoms with Crippen LogP contribution in [0.2, 0.25) is 0 Å². The van der Waals surface area contributed by atoms with Crippen LogP contribution in [0.15, 0.2) is 18.2 Å². The number of nitrogens with zero attached hydrogens (tertiary/aromatic N) is 1. The van der Waals surface area contributed by atoms with E-state index in [9.17, 15) is 9.59 Å². The number of imide groups is 1. The van der Waals surface area contributed by atoms with E-state index in [-0.39, 0.29) is 31.6 Å². The fourth-order valence-electron chi connectivity index (χ4n) is 1.89. The van der Waals surface area contributed by atoms with Crippen LogP contribution in [0.5, 0.6) is 0 Å². The maximum atomic E-state index is 11.7. The molecule has 0 aliphatic carbocycles. The van der Waals surface area contributed by atoms with E-state index in [0.29, 0.717) is 11.3 Å². The summed E-state index contributed by atoms with van der Waals surface area (Å²) >= 11 is 0. The van der Waals surface area contributed by atoms with Crippen molar-refractivity contribution < 1.29 is 19.4 Å². The van der Waals surface area contributed by atoms with Gasteiger partial charge in [-0.2, -0.15) is 0 Å². The maximum absolute atomic E-state index is 11.7. The summed E-state index contributed by atoms with van der Waals surface area (Å²) in [5.41, 5.74) is 2.02. The zero-order chi connectivity index (χ0) is 13.8. The predicted octanol–water partition coefficient (Wildman–Crippen LogP) is 0.229. The molecule has 19 heavy (non-hydrogen) atoms. The number of amides is 2. The number of ether oxygens (including phenoxy) is 1. The van der Waals surface area contributed by atoms with E-state index in [2.05, 4.69) is 11.8 Å². The largest absolute Gasteiger partial charge is 0.384 e. The number of aliphatic hydroxyl groups excluding tert-OH is 1. The van der Waals surface area contributed by atoms with Gasteiger partial charge in [-0.05, 0) is 30.7 Å². The Morgan fingerprint density at radius 3 is 2.58 bits per heavy atom. The molecule has 1 aromatic rings. The van der Waals surface area contributed by atoms with Gasteiger partial charge in [0.05, 0.1) is 5.69 Å². The van der Waals surface area contributed by atoms with E-state index in [1.54, 1.807) is 12.1 Å². The van der Waals surface area contributed by atoms with Crippen molar-refractivity contribution in [2.45, 2.75) is 6.92 Å². The van der Waals surface area contributed by atoms with Crippen molar-refractivity contribution in [3.63, 3.8) is 0 Å². The molecule has 1 N–H and O–H groups in total. The van der Waals surface area contributed by atoms with Gasteiger partial charge in [0.2, 0.25) is 0 Å².